The highest BCUT2D eigenvalue weighted by Crippen LogP contribution is 2.29. The lowest BCUT2D eigenvalue weighted by atomic mass is 10.1. The molecule has 0 aliphatic carbocycles. The second-order valence-electron chi connectivity index (χ2n) is 4.01. The van der Waals surface area contributed by atoms with Crippen LogP contribution in [0.4, 0.5) is 5.69 Å². The fourth-order valence-electron chi connectivity index (χ4n) is 1.50. The molecule has 0 spiro atoms. The number of benzene rings is 1. The molecule has 0 atom stereocenters. The quantitative estimate of drug-likeness (QED) is 0.511. The average molecular weight is 287 g/mol. The minimum absolute atomic E-state index is 0.122. The van der Waals surface area contributed by atoms with Gasteiger partial charge >= 0.3 is 0 Å². The van der Waals surface area contributed by atoms with Gasteiger partial charge in [0, 0.05) is 19.2 Å². The number of nitrogens with zero attached hydrogens (tertiary/aromatic N) is 1. The monoisotopic (exact) mass is 286 g/mol. The highest BCUT2D eigenvalue weighted by atomic mass is 35.5. The molecule has 18 heavy (non-hydrogen) atoms. The van der Waals surface area contributed by atoms with Crippen molar-refractivity contribution in [2.24, 2.45) is 0 Å². The minimum Gasteiger partial charge on any atom is -0.396 e. The number of hydrogen-bond acceptors (Lipinski definition) is 2. The number of nitrogens with two attached hydrogens (primary N) is 1. The third-order valence-corrected chi connectivity index (χ3v) is 3.20. The number of carbonyl (C=O) groups is 1. The van der Waals surface area contributed by atoms with E-state index in [0.29, 0.717) is 27.8 Å². The Labute approximate surface area is 117 Å². The summed E-state index contributed by atoms with van der Waals surface area (Å²) in [4.78, 5) is 13.7. The summed E-state index contributed by atoms with van der Waals surface area (Å²) in [6.07, 6.45) is 3.58. The van der Waals surface area contributed by atoms with Gasteiger partial charge in [-0.1, -0.05) is 29.3 Å². The van der Waals surface area contributed by atoms with Crippen LogP contribution in [0.1, 0.15) is 23.2 Å². The van der Waals surface area contributed by atoms with Crippen LogP contribution in [0, 0.1) is 0 Å². The zero-order valence-corrected chi connectivity index (χ0v) is 11.8. The van der Waals surface area contributed by atoms with Gasteiger partial charge in [-0.25, -0.2) is 0 Å². The van der Waals surface area contributed by atoms with E-state index in [0.717, 1.165) is 12.8 Å². The van der Waals surface area contributed by atoms with Crippen molar-refractivity contribution in [3.63, 3.8) is 0 Å². The Morgan fingerprint density at radius 2 is 2.00 bits per heavy atom. The van der Waals surface area contributed by atoms with Crippen LogP contribution in [-0.2, 0) is 0 Å². The first-order chi connectivity index (χ1) is 8.47. The molecule has 5 heteroatoms. The molecule has 1 rings (SSSR count). The summed E-state index contributed by atoms with van der Waals surface area (Å²) in [5.74, 6) is -0.122. The van der Waals surface area contributed by atoms with Crippen molar-refractivity contribution < 1.29 is 4.79 Å². The molecule has 0 heterocycles. The van der Waals surface area contributed by atoms with Gasteiger partial charge in [-0.2, -0.15) is 0 Å². The van der Waals surface area contributed by atoms with Crippen molar-refractivity contribution in [1.82, 2.24) is 4.90 Å². The van der Waals surface area contributed by atoms with E-state index in [2.05, 4.69) is 6.58 Å². The zero-order chi connectivity index (χ0) is 13.7. The number of unbranched alkanes of at least 4 members (excludes halogenated alkanes) is 1. The minimum atomic E-state index is -0.122. The first kappa shape index (κ1) is 14.9. The molecular weight excluding hydrogens is 271 g/mol. The molecule has 0 aliphatic heterocycles. The van der Waals surface area contributed by atoms with Crippen molar-refractivity contribution in [1.29, 1.82) is 0 Å². The third kappa shape index (κ3) is 3.65. The van der Waals surface area contributed by atoms with E-state index in [4.69, 9.17) is 28.9 Å². The fraction of sp³-hybridized carbons (Fsp3) is 0.308. The van der Waals surface area contributed by atoms with E-state index in [9.17, 15) is 4.79 Å². The maximum atomic E-state index is 12.1. The Hall–Kier alpha value is -1.19. The largest absolute Gasteiger partial charge is 0.396 e. The summed E-state index contributed by atoms with van der Waals surface area (Å²) in [6, 6.07) is 3.07. The highest BCUT2D eigenvalue weighted by Gasteiger charge is 2.14. The number of anilines is 1. The van der Waals surface area contributed by atoms with Crippen molar-refractivity contribution >= 4 is 34.8 Å². The molecule has 98 valence electrons. The van der Waals surface area contributed by atoms with Crippen molar-refractivity contribution in [3.05, 3.63) is 40.4 Å². The number of nitrogen functional groups attached to an aromatic ring is 1. The SMILES string of the molecule is C=CCCCN(C)C(=O)c1cc(Cl)c(N)c(Cl)c1. The van der Waals surface area contributed by atoms with Crippen LogP contribution in [-0.4, -0.2) is 24.4 Å². The van der Waals surface area contributed by atoms with Gasteiger partial charge in [0.1, 0.15) is 0 Å². The van der Waals surface area contributed by atoms with E-state index < -0.39 is 0 Å². The summed E-state index contributed by atoms with van der Waals surface area (Å²) in [5.41, 5.74) is 6.37. The summed E-state index contributed by atoms with van der Waals surface area (Å²) in [5, 5.41) is 0.593. The predicted octanol–water partition coefficient (Wildman–Crippen LogP) is 3.61. The van der Waals surface area contributed by atoms with Crippen molar-refractivity contribution in [2.75, 3.05) is 19.3 Å². The van der Waals surface area contributed by atoms with Gasteiger partial charge in [-0.3, -0.25) is 4.79 Å². The molecule has 0 bridgehead atoms. The molecule has 0 radical (unpaired) electrons. The van der Waals surface area contributed by atoms with Crippen LogP contribution < -0.4 is 5.73 Å². The standard InChI is InChI=1S/C13H16Cl2N2O/c1-3-4-5-6-17(2)13(18)9-7-10(14)12(16)11(15)8-9/h3,7-8H,1,4-6,16H2,2H3. The van der Waals surface area contributed by atoms with Crippen LogP contribution in [0.2, 0.25) is 10.0 Å². The van der Waals surface area contributed by atoms with Gasteiger partial charge in [0.05, 0.1) is 15.7 Å². The number of hydrogen-bond donors (Lipinski definition) is 1. The van der Waals surface area contributed by atoms with E-state index in [1.807, 2.05) is 6.08 Å². The number of halogens is 2. The molecule has 3 nitrogen and oxygen atoms in total. The van der Waals surface area contributed by atoms with Gasteiger partial charge in [0.25, 0.3) is 5.91 Å². The van der Waals surface area contributed by atoms with E-state index >= 15 is 0 Å². The summed E-state index contributed by atoms with van der Waals surface area (Å²) in [6.45, 7) is 4.30. The Bertz CT molecular complexity index is 437. The summed E-state index contributed by atoms with van der Waals surface area (Å²) in [7, 11) is 1.74. The molecule has 0 unspecified atom stereocenters. The Morgan fingerprint density at radius 3 is 2.50 bits per heavy atom. The van der Waals surface area contributed by atoms with Gasteiger partial charge in [-0.05, 0) is 25.0 Å². The Morgan fingerprint density at radius 1 is 1.44 bits per heavy atom. The number of rotatable bonds is 5. The number of amides is 1. The van der Waals surface area contributed by atoms with E-state index in [1.165, 1.54) is 12.1 Å². The fourth-order valence-corrected chi connectivity index (χ4v) is 1.99. The molecule has 1 amide bonds. The first-order valence-corrected chi connectivity index (χ1v) is 6.33. The van der Waals surface area contributed by atoms with E-state index in [1.54, 1.807) is 11.9 Å². The van der Waals surface area contributed by atoms with Gasteiger partial charge in [-0.15, -0.1) is 6.58 Å². The molecule has 0 saturated carbocycles. The summed E-state index contributed by atoms with van der Waals surface area (Å²) < 4.78 is 0. The lowest BCUT2D eigenvalue weighted by molar-refractivity contribution is 0.0794. The van der Waals surface area contributed by atoms with Crippen LogP contribution in [0.15, 0.2) is 24.8 Å². The Balaban J connectivity index is 2.80. The predicted molar refractivity (Wildman–Crippen MR) is 77.3 cm³/mol. The normalized spacial score (nSPS) is 10.2. The molecule has 0 aromatic heterocycles. The first-order valence-electron chi connectivity index (χ1n) is 5.58. The molecule has 1 aromatic rings. The molecule has 2 N–H and O–H groups in total. The second kappa shape index (κ2) is 6.66. The molecular formula is C13H16Cl2N2O. The van der Waals surface area contributed by atoms with Gasteiger partial charge < -0.3 is 10.6 Å². The van der Waals surface area contributed by atoms with Gasteiger partial charge in [0.2, 0.25) is 0 Å². The Kier molecular flexibility index (Phi) is 5.51. The molecule has 0 aliphatic rings. The lowest BCUT2D eigenvalue weighted by Gasteiger charge is -2.17. The maximum Gasteiger partial charge on any atom is 0.253 e. The van der Waals surface area contributed by atoms with Gasteiger partial charge in [0.15, 0.2) is 0 Å². The zero-order valence-electron chi connectivity index (χ0n) is 10.2. The van der Waals surface area contributed by atoms with Crippen LogP contribution in [0.3, 0.4) is 0 Å². The van der Waals surface area contributed by atoms with Crippen molar-refractivity contribution in [2.45, 2.75) is 12.8 Å². The number of allylic oxidation sites excluding steroid dienone is 1. The summed E-state index contributed by atoms with van der Waals surface area (Å²) >= 11 is 11.8. The second-order valence-corrected chi connectivity index (χ2v) is 4.83. The topological polar surface area (TPSA) is 46.3 Å². The van der Waals surface area contributed by atoms with Crippen molar-refractivity contribution in [3.8, 4) is 0 Å². The molecule has 0 saturated heterocycles. The smallest absolute Gasteiger partial charge is 0.253 e. The lowest BCUT2D eigenvalue weighted by Crippen LogP contribution is -2.27. The molecule has 0 fully saturated rings. The average Bonchev–Trinajstić information content (AvgIpc) is 2.34. The maximum absolute atomic E-state index is 12.1. The number of carbonyl (C=O) groups excluding carboxylic acids is 1. The van der Waals surface area contributed by atoms with E-state index in [-0.39, 0.29) is 5.91 Å². The molecule has 1 aromatic carbocycles. The van der Waals surface area contributed by atoms with Crippen LogP contribution in [0.5, 0.6) is 0 Å². The van der Waals surface area contributed by atoms with Crippen LogP contribution in [0.25, 0.3) is 0 Å². The highest BCUT2D eigenvalue weighted by molar-refractivity contribution is 6.39. The van der Waals surface area contributed by atoms with Crippen LogP contribution >= 0.6 is 23.2 Å². The third-order valence-electron chi connectivity index (χ3n) is 2.57.